The summed E-state index contributed by atoms with van der Waals surface area (Å²) in [5, 5.41) is 3.47. The Bertz CT molecular complexity index is 473. The Morgan fingerprint density at radius 2 is 2.00 bits per heavy atom. The third kappa shape index (κ3) is 2.78. The highest BCUT2D eigenvalue weighted by Gasteiger charge is 2.09. The lowest BCUT2D eigenvalue weighted by Gasteiger charge is -2.23. The zero-order chi connectivity index (χ0) is 12.1. The van der Waals surface area contributed by atoms with Crippen LogP contribution in [-0.4, -0.2) is 23.4 Å². The van der Waals surface area contributed by atoms with Crippen molar-refractivity contribution in [1.29, 1.82) is 0 Å². The van der Waals surface area contributed by atoms with Crippen molar-refractivity contribution in [2.24, 2.45) is 0 Å². The summed E-state index contributed by atoms with van der Waals surface area (Å²) in [5.74, 6) is 1.10. The molecule has 0 amide bonds. The van der Waals surface area contributed by atoms with E-state index in [-0.39, 0.29) is 0 Å². The lowest BCUT2D eigenvalue weighted by atomic mass is 10.1. The van der Waals surface area contributed by atoms with Crippen molar-refractivity contribution in [3.8, 4) is 0 Å². The van der Waals surface area contributed by atoms with Gasteiger partial charge in [-0.1, -0.05) is 47.1 Å². The number of benzene rings is 1. The van der Waals surface area contributed by atoms with E-state index in [4.69, 9.17) is 0 Å². The summed E-state index contributed by atoms with van der Waals surface area (Å²) in [6.07, 6.45) is 3.03. The average Bonchev–Trinajstić information content (AvgIpc) is 2.38. The molecule has 17 heavy (non-hydrogen) atoms. The van der Waals surface area contributed by atoms with Crippen LogP contribution in [0.5, 0.6) is 0 Å². The van der Waals surface area contributed by atoms with Crippen molar-refractivity contribution in [3.63, 3.8) is 0 Å². The van der Waals surface area contributed by atoms with Crippen molar-refractivity contribution in [2.75, 3.05) is 23.3 Å². The van der Waals surface area contributed by atoms with Crippen LogP contribution >= 0.6 is 15.9 Å². The minimum absolute atomic E-state index is 0.970. The van der Waals surface area contributed by atoms with Gasteiger partial charge in [0, 0.05) is 30.0 Å². The van der Waals surface area contributed by atoms with Crippen molar-refractivity contribution in [3.05, 3.63) is 36.5 Å². The highest BCUT2D eigenvalue weighted by molar-refractivity contribution is 9.09. The number of hydrogen-bond donors (Lipinski definition) is 0. The van der Waals surface area contributed by atoms with E-state index < -0.39 is 0 Å². The largest absolute Gasteiger partial charge is 0.355 e. The molecule has 0 unspecified atom stereocenters. The summed E-state index contributed by atoms with van der Waals surface area (Å²) >= 11 is 3.51. The number of halogens is 1. The molecule has 0 spiro atoms. The number of hydrogen-bond acceptors (Lipinski definition) is 2. The fraction of sp³-hybridized carbons (Fsp3) is 0.357. The molecule has 2 aromatic rings. The molecule has 0 N–H and O–H groups in total. The third-order valence-corrected chi connectivity index (χ3v) is 3.15. The first-order chi connectivity index (χ1) is 8.36. The van der Waals surface area contributed by atoms with Gasteiger partial charge in [0.15, 0.2) is 0 Å². The molecule has 3 heteroatoms. The Balaban J connectivity index is 2.44. The molecule has 90 valence electrons. The first-order valence-corrected chi connectivity index (χ1v) is 7.13. The van der Waals surface area contributed by atoms with Crippen LogP contribution in [0.4, 0.5) is 5.82 Å². The Hall–Kier alpha value is -1.09. The highest BCUT2D eigenvalue weighted by atomic mass is 79.9. The van der Waals surface area contributed by atoms with E-state index in [1.54, 1.807) is 0 Å². The standard InChI is InChI=1S/C14H17BrN2/c1-2-10-17(11-8-15)14-13-6-4-3-5-12(13)7-9-16-14/h3-7,9H,2,8,10-11H2,1H3. The van der Waals surface area contributed by atoms with Crippen molar-refractivity contribution in [2.45, 2.75) is 13.3 Å². The second-order valence-electron chi connectivity index (χ2n) is 4.03. The topological polar surface area (TPSA) is 16.1 Å². The molecular weight excluding hydrogens is 276 g/mol. The maximum atomic E-state index is 4.55. The Morgan fingerprint density at radius 3 is 2.76 bits per heavy atom. The van der Waals surface area contributed by atoms with Gasteiger partial charge in [-0.15, -0.1) is 0 Å². The van der Waals surface area contributed by atoms with Gasteiger partial charge < -0.3 is 4.90 Å². The lowest BCUT2D eigenvalue weighted by molar-refractivity contribution is 0.788. The Kier molecular flexibility index (Phi) is 4.37. The van der Waals surface area contributed by atoms with E-state index in [1.807, 2.05) is 6.20 Å². The monoisotopic (exact) mass is 292 g/mol. The van der Waals surface area contributed by atoms with Crippen LogP contribution < -0.4 is 4.90 Å². The van der Waals surface area contributed by atoms with E-state index >= 15 is 0 Å². The summed E-state index contributed by atoms with van der Waals surface area (Å²) in [4.78, 5) is 6.89. The molecule has 2 nitrogen and oxygen atoms in total. The fourth-order valence-corrected chi connectivity index (χ4v) is 2.48. The van der Waals surface area contributed by atoms with Crippen molar-refractivity contribution < 1.29 is 0 Å². The van der Waals surface area contributed by atoms with E-state index in [9.17, 15) is 0 Å². The van der Waals surface area contributed by atoms with Gasteiger partial charge in [-0.3, -0.25) is 0 Å². The van der Waals surface area contributed by atoms with Gasteiger partial charge in [0.25, 0.3) is 0 Å². The Morgan fingerprint density at radius 1 is 1.18 bits per heavy atom. The molecule has 0 aliphatic carbocycles. The molecule has 0 atom stereocenters. The van der Waals surface area contributed by atoms with E-state index in [2.05, 4.69) is 63.1 Å². The van der Waals surface area contributed by atoms with Crippen molar-refractivity contribution >= 4 is 32.5 Å². The van der Waals surface area contributed by atoms with E-state index in [1.165, 1.54) is 10.8 Å². The summed E-state index contributed by atoms with van der Waals surface area (Å²) in [6.45, 7) is 4.24. The quantitative estimate of drug-likeness (QED) is 0.778. The first-order valence-electron chi connectivity index (χ1n) is 6.01. The smallest absolute Gasteiger partial charge is 0.136 e. The molecule has 2 rings (SSSR count). The van der Waals surface area contributed by atoms with Gasteiger partial charge in [-0.25, -0.2) is 4.98 Å². The van der Waals surface area contributed by atoms with Crippen LogP contribution in [0.1, 0.15) is 13.3 Å². The molecule has 0 saturated heterocycles. The maximum absolute atomic E-state index is 4.55. The number of pyridine rings is 1. The highest BCUT2D eigenvalue weighted by Crippen LogP contribution is 2.24. The predicted molar refractivity (Wildman–Crippen MR) is 78.0 cm³/mol. The van der Waals surface area contributed by atoms with Gasteiger partial charge in [-0.2, -0.15) is 0 Å². The van der Waals surface area contributed by atoms with Gasteiger partial charge in [0.05, 0.1) is 0 Å². The molecule has 1 aromatic heterocycles. The fourth-order valence-electron chi connectivity index (χ4n) is 2.05. The molecule has 1 aromatic carbocycles. The zero-order valence-electron chi connectivity index (χ0n) is 10.1. The third-order valence-electron chi connectivity index (χ3n) is 2.80. The predicted octanol–water partition coefficient (Wildman–Crippen LogP) is 3.85. The average molecular weight is 293 g/mol. The van der Waals surface area contributed by atoms with Crippen molar-refractivity contribution in [1.82, 2.24) is 4.98 Å². The molecule has 1 heterocycles. The number of rotatable bonds is 5. The molecule has 0 radical (unpaired) electrons. The lowest BCUT2D eigenvalue weighted by Crippen LogP contribution is -2.27. The van der Waals surface area contributed by atoms with Crippen LogP contribution in [0.3, 0.4) is 0 Å². The molecule has 0 bridgehead atoms. The molecule has 0 fully saturated rings. The molecule has 0 aliphatic rings. The maximum Gasteiger partial charge on any atom is 0.136 e. The summed E-state index contributed by atoms with van der Waals surface area (Å²) in [7, 11) is 0. The Labute approximate surface area is 111 Å². The number of anilines is 1. The van der Waals surface area contributed by atoms with Gasteiger partial charge in [-0.05, 0) is 17.9 Å². The number of fused-ring (bicyclic) bond motifs is 1. The van der Waals surface area contributed by atoms with Crippen LogP contribution in [0.15, 0.2) is 36.5 Å². The van der Waals surface area contributed by atoms with Gasteiger partial charge in [0.1, 0.15) is 5.82 Å². The number of nitrogens with zero attached hydrogens (tertiary/aromatic N) is 2. The minimum atomic E-state index is 0.970. The second-order valence-corrected chi connectivity index (χ2v) is 4.82. The molecule has 0 aliphatic heterocycles. The molecule has 0 saturated carbocycles. The van der Waals surface area contributed by atoms with Crippen LogP contribution in [0, 0.1) is 0 Å². The number of aromatic nitrogens is 1. The number of alkyl halides is 1. The second kappa shape index (κ2) is 6.01. The van der Waals surface area contributed by atoms with E-state index in [0.29, 0.717) is 0 Å². The van der Waals surface area contributed by atoms with Crippen LogP contribution in [0.25, 0.3) is 10.8 Å². The minimum Gasteiger partial charge on any atom is -0.355 e. The first kappa shape index (κ1) is 12.4. The van der Waals surface area contributed by atoms with Gasteiger partial charge in [0.2, 0.25) is 0 Å². The van der Waals surface area contributed by atoms with Crippen LogP contribution in [-0.2, 0) is 0 Å². The van der Waals surface area contributed by atoms with Gasteiger partial charge >= 0.3 is 0 Å². The normalized spacial score (nSPS) is 10.7. The molecular formula is C14H17BrN2. The van der Waals surface area contributed by atoms with Crippen LogP contribution in [0.2, 0.25) is 0 Å². The zero-order valence-corrected chi connectivity index (χ0v) is 11.7. The van der Waals surface area contributed by atoms with E-state index in [0.717, 1.165) is 30.7 Å². The SMILES string of the molecule is CCCN(CCBr)c1nccc2ccccc12. The summed E-state index contributed by atoms with van der Waals surface area (Å²) in [5.41, 5.74) is 0. The summed E-state index contributed by atoms with van der Waals surface area (Å²) < 4.78 is 0. The summed E-state index contributed by atoms with van der Waals surface area (Å²) in [6, 6.07) is 10.5.